The average molecular weight is 337 g/mol. The van der Waals surface area contributed by atoms with E-state index in [-0.39, 0.29) is 11.8 Å². The van der Waals surface area contributed by atoms with Crippen molar-refractivity contribution in [2.45, 2.75) is 6.42 Å². The Kier molecular flexibility index (Phi) is 6.69. The molecule has 0 aliphatic rings. The molecule has 2 amide bonds. The van der Waals surface area contributed by atoms with E-state index in [0.717, 1.165) is 0 Å². The molecule has 2 N–H and O–H groups in total. The lowest BCUT2D eigenvalue weighted by atomic mass is 10.1. The molecular weight excluding hydrogens is 319 g/mol. The third-order valence-corrected chi connectivity index (χ3v) is 3.33. The molecular formula is C17H18ClFN2O2. The maximum Gasteiger partial charge on any atom is 0.314 e. The van der Waals surface area contributed by atoms with Gasteiger partial charge >= 0.3 is 6.03 Å². The van der Waals surface area contributed by atoms with Gasteiger partial charge in [0.1, 0.15) is 18.2 Å². The number of amides is 2. The van der Waals surface area contributed by atoms with Crippen molar-refractivity contribution in [3.8, 4) is 5.75 Å². The molecule has 2 aromatic rings. The highest BCUT2D eigenvalue weighted by atomic mass is 35.5. The molecule has 0 atom stereocenters. The van der Waals surface area contributed by atoms with Crippen molar-refractivity contribution in [3.05, 3.63) is 64.9 Å². The highest BCUT2D eigenvalue weighted by Gasteiger charge is 2.03. The second-order valence-corrected chi connectivity index (χ2v) is 5.27. The number of carbonyl (C=O) groups excluding carboxylic acids is 1. The van der Waals surface area contributed by atoms with E-state index in [2.05, 4.69) is 10.6 Å². The van der Waals surface area contributed by atoms with E-state index in [1.807, 2.05) is 0 Å². The zero-order valence-electron chi connectivity index (χ0n) is 12.5. The van der Waals surface area contributed by atoms with Gasteiger partial charge in [-0.15, -0.1) is 0 Å². The lowest BCUT2D eigenvalue weighted by Crippen LogP contribution is -2.38. The van der Waals surface area contributed by atoms with E-state index >= 15 is 0 Å². The molecule has 0 aromatic heterocycles. The molecule has 2 aromatic carbocycles. The van der Waals surface area contributed by atoms with Crippen LogP contribution in [-0.2, 0) is 6.42 Å². The second-order valence-electron chi connectivity index (χ2n) is 4.83. The van der Waals surface area contributed by atoms with Gasteiger partial charge in [-0.3, -0.25) is 0 Å². The number of rotatable bonds is 7. The predicted octanol–water partition coefficient (Wildman–Crippen LogP) is 3.40. The fourth-order valence-corrected chi connectivity index (χ4v) is 2.14. The van der Waals surface area contributed by atoms with Crippen LogP contribution >= 0.6 is 11.6 Å². The Hall–Kier alpha value is -2.27. The zero-order valence-corrected chi connectivity index (χ0v) is 13.3. The summed E-state index contributed by atoms with van der Waals surface area (Å²) in [4.78, 5) is 11.6. The minimum atomic E-state index is -0.309. The number of halogens is 2. The molecule has 0 spiro atoms. The normalized spacial score (nSPS) is 10.2. The highest BCUT2D eigenvalue weighted by molar-refractivity contribution is 6.30. The maximum atomic E-state index is 13.4. The quantitative estimate of drug-likeness (QED) is 0.761. The van der Waals surface area contributed by atoms with Gasteiger partial charge in [-0.05, 0) is 36.2 Å². The van der Waals surface area contributed by atoms with Gasteiger partial charge in [0, 0.05) is 11.6 Å². The number of hydrogen-bond acceptors (Lipinski definition) is 2. The minimum Gasteiger partial charge on any atom is -0.492 e. The van der Waals surface area contributed by atoms with E-state index in [0.29, 0.717) is 42.5 Å². The van der Waals surface area contributed by atoms with E-state index in [1.165, 1.54) is 6.07 Å². The number of urea groups is 1. The number of benzene rings is 2. The van der Waals surface area contributed by atoms with Gasteiger partial charge in [0.2, 0.25) is 0 Å². The molecule has 0 unspecified atom stereocenters. The van der Waals surface area contributed by atoms with Crippen molar-refractivity contribution in [3.63, 3.8) is 0 Å². The molecule has 4 nitrogen and oxygen atoms in total. The maximum absolute atomic E-state index is 13.4. The fraction of sp³-hybridized carbons (Fsp3) is 0.235. The van der Waals surface area contributed by atoms with Crippen LogP contribution in [0, 0.1) is 5.82 Å². The highest BCUT2D eigenvalue weighted by Crippen LogP contribution is 2.16. The Morgan fingerprint density at radius 2 is 1.87 bits per heavy atom. The molecule has 23 heavy (non-hydrogen) atoms. The first kappa shape index (κ1) is 17.1. The van der Waals surface area contributed by atoms with Gasteiger partial charge in [-0.1, -0.05) is 35.9 Å². The van der Waals surface area contributed by atoms with Crippen LogP contribution in [0.25, 0.3) is 0 Å². The monoisotopic (exact) mass is 336 g/mol. The molecule has 0 heterocycles. The van der Waals surface area contributed by atoms with Crippen LogP contribution in [0.3, 0.4) is 0 Å². The van der Waals surface area contributed by atoms with Crippen LogP contribution in [0.5, 0.6) is 5.75 Å². The molecule has 0 saturated carbocycles. The summed E-state index contributed by atoms with van der Waals surface area (Å²) in [5.74, 6) is 0.392. The molecule has 122 valence electrons. The summed E-state index contributed by atoms with van der Waals surface area (Å²) < 4.78 is 18.8. The molecule has 0 radical (unpaired) electrons. The first-order chi connectivity index (χ1) is 11.1. The molecule has 0 bridgehead atoms. The van der Waals surface area contributed by atoms with Crippen molar-refractivity contribution >= 4 is 17.6 Å². The Bertz CT molecular complexity index is 652. The van der Waals surface area contributed by atoms with Crippen LogP contribution in [0.15, 0.2) is 48.5 Å². The zero-order chi connectivity index (χ0) is 16.5. The van der Waals surface area contributed by atoms with Crippen LogP contribution < -0.4 is 15.4 Å². The topological polar surface area (TPSA) is 50.4 Å². The number of ether oxygens (including phenoxy) is 1. The first-order valence-electron chi connectivity index (χ1n) is 7.28. The summed E-state index contributed by atoms with van der Waals surface area (Å²) >= 11 is 5.84. The summed E-state index contributed by atoms with van der Waals surface area (Å²) in [5.41, 5.74) is 0.581. The van der Waals surface area contributed by atoms with E-state index in [9.17, 15) is 9.18 Å². The van der Waals surface area contributed by atoms with Crippen molar-refractivity contribution in [1.82, 2.24) is 10.6 Å². The molecule has 0 aliphatic carbocycles. The summed E-state index contributed by atoms with van der Waals surface area (Å²) in [6, 6.07) is 13.3. The lowest BCUT2D eigenvalue weighted by Gasteiger charge is -2.09. The minimum absolute atomic E-state index is 0.260. The number of hydrogen-bond donors (Lipinski definition) is 2. The van der Waals surface area contributed by atoms with Crippen molar-refractivity contribution in [2.24, 2.45) is 0 Å². The lowest BCUT2D eigenvalue weighted by molar-refractivity contribution is 0.236. The summed E-state index contributed by atoms with van der Waals surface area (Å²) in [7, 11) is 0. The summed E-state index contributed by atoms with van der Waals surface area (Å²) in [6.45, 7) is 1.06. The third-order valence-electron chi connectivity index (χ3n) is 3.09. The molecule has 0 saturated heterocycles. The van der Waals surface area contributed by atoms with Gasteiger partial charge < -0.3 is 15.4 Å². The third kappa shape index (κ3) is 6.16. The molecule has 0 fully saturated rings. The van der Waals surface area contributed by atoms with Gasteiger partial charge in [0.15, 0.2) is 0 Å². The van der Waals surface area contributed by atoms with Crippen molar-refractivity contribution in [1.29, 1.82) is 0 Å². The van der Waals surface area contributed by atoms with Crippen LogP contribution in [0.4, 0.5) is 9.18 Å². The Morgan fingerprint density at radius 3 is 2.65 bits per heavy atom. The molecule has 2 rings (SSSR count). The van der Waals surface area contributed by atoms with Gasteiger partial charge in [0.25, 0.3) is 0 Å². The van der Waals surface area contributed by atoms with E-state index < -0.39 is 0 Å². The van der Waals surface area contributed by atoms with E-state index in [4.69, 9.17) is 16.3 Å². The first-order valence-corrected chi connectivity index (χ1v) is 7.66. The van der Waals surface area contributed by atoms with Gasteiger partial charge in [-0.2, -0.15) is 0 Å². The van der Waals surface area contributed by atoms with Gasteiger partial charge in [0.05, 0.1) is 6.54 Å². The van der Waals surface area contributed by atoms with Gasteiger partial charge in [-0.25, -0.2) is 9.18 Å². The van der Waals surface area contributed by atoms with E-state index in [1.54, 1.807) is 42.5 Å². The largest absolute Gasteiger partial charge is 0.492 e. The standard InChI is InChI=1S/C17H18ClFN2O2/c18-14-5-3-6-15(12-14)23-11-10-21-17(22)20-9-8-13-4-1-2-7-16(13)19/h1-7,12H,8-11H2,(H2,20,21,22). The van der Waals surface area contributed by atoms with Crippen molar-refractivity contribution in [2.75, 3.05) is 19.7 Å². The Morgan fingerprint density at radius 1 is 1.09 bits per heavy atom. The summed E-state index contributed by atoms with van der Waals surface area (Å²) in [5, 5.41) is 5.94. The SMILES string of the molecule is O=C(NCCOc1cccc(Cl)c1)NCCc1ccccc1F. The number of nitrogens with one attached hydrogen (secondary N) is 2. The fourth-order valence-electron chi connectivity index (χ4n) is 1.96. The molecule has 6 heteroatoms. The predicted molar refractivity (Wildman–Crippen MR) is 88.5 cm³/mol. The summed E-state index contributed by atoms with van der Waals surface area (Å²) in [6.07, 6.45) is 0.444. The van der Waals surface area contributed by atoms with Crippen LogP contribution in [0.2, 0.25) is 5.02 Å². The second kappa shape index (κ2) is 9.00. The average Bonchev–Trinajstić information content (AvgIpc) is 2.53. The van der Waals surface area contributed by atoms with Crippen LogP contribution in [-0.4, -0.2) is 25.7 Å². The number of carbonyl (C=O) groups is 1. The molecule has 0 aliphatic heterocycles. The Balaban J connectivity index is 1.59. The smallest absolute Gasteiger partial charge is 0.314 e. The van der Waals surface area contributed by atoms with Crippen molar-refractivity contribution < 1.29 is 13.9 Å². The van der Waals surface area contributed by atoms with Crippen LogP contribution in [0.1, 0.15) is 5.56 Å². The Labute approximate surface area is 139 Å².